The number of hydrogen-bond donors (Lipinski definition) is 2. The number of ether oxygens (including phenoxy) is 1. The lowest BCUT2D eigenvalue weighted by atomic mass is 10.0. The van der Waals surface area contributed by atoms with Crippen molar-refractivity contribution in [2.75, 3.05) is 7.11 Å². The van der Waals surface area contributed by atoms with Crippen LogP contribution in [0.3, 0.4) is 0 Å². The summed E-state index contributed by atoms with van der Waals surface area (Å²) in [6.07, 6.45) is 1.82. The predicted molar refractivity (Wildman–Crippen MR) is 136 cm³/mol. The van der Waals surface area contributed by atoms with Crippen LogP contribution in [0.2, 0.25) is 0 Å². The Labute approximate surface area is 201 Å². The number of amides is 1. The summed E-state index contributed by atoms with van der Waals surface area (Å²) >= 11 is 0. The summed E-state index contributed by atoms with van der Waals surface area (Å²) in [5, 5.41) is 2.97. The van der Waals surface area contributed by atoms with Gasteiger partial charge in [-0.3, -0.25) is 4.79 Å². The second-order valence-electron chi connectivity index (χ2n) is 8.20. The maximum atomic E-state index is 13.2. The molecular formula is C27H30N2O4S. The number of methoxy groups -OCH3 is 1. The molecule has 0 spiro atoms. The van der Waals surface area contributed by atoms with E-state index in [-0.39, 0.29) is 17.7 Å². The molecule has 3 rings (SSSR count). The van der Waals surface area contributed by atoms with Gasteiger partial charge in [0.1, 0.15) is 5.75 Å². The number of sulfonamides is 1. The zero-order valence-corrected chi connectivity index (χ0v) is 20.4. The number of carbonyl (C=O) groups excluding carboxylic acids is 1. The minimum Gasteiger partial charge on any atom is -0.496 e. The van der Waals surface area contributed by atoms with Gasteiger partial charge in [-0.15, -0.1) is 0 Å². The van der Waals surface area contributed by atoms with E-state index in [1.165, 1.54) is 0 Å². The molecule has 0 aliphatic heterocycles. The highest BCUT2D eigenvalue weighted by atomic mass is 32.2. The fourth-order valence-corrected chi connectivity index (χ4v) is 4.92. The summed E-state index contributed by atoms with van der Waals surface area (Å²) in [7, 11) is -1.79. The second kappa shape index (κ2) is 11.6. The number of carbonyl (C=O) groups is 1. The Morgan fingerprint density at radius 3 is 2.18 bits per heavy atom. The minimum absolute atomic E-state index is 0.0857. The normalized spacial score (nSPS) is 11.9. The number of hydrogen-bond acceptors (Lipinski definition) is 4. The number of benzene rings is 3. The highest BCUT2D eigenvalue weighted by molar-refractivity contribution is 7.88. The van der Waals surface area contributed by atoms with Crippen LogP contribution in [0.5, 0.6) is 5.75 Å². The van der Waals surface area contributed by atoms with Crippen LogP contribution in [0.4, 0.5) is 0 Å². The lowest BCUT2D eigenvalue weighted by molar-refractivity contribution is -0.115. The largest absolute Gasteiger partial charge is 0.496 e. The van der Waals surface area contributed by atoms with E-state index < -0.39 is 10.0 Å². The van der Waals surface area contributed by atoms with Crippen LogP contribution in [0.1, 0.15) is 36.1 Å². The van der Waals surface area contributed by atoms with Crippen LogP contribution in [-0.2, 0) is 27.1 Å². The van der Waals surface area contributed by atoms with E-state index in [0.29, 0.717) is 23.4 Å². The van der Waals surface area contributed by atoms with Crippen molar-refractivity contribution in [3.05, 3.63) is 101 Å². The number of para-hydroxylation sites is 1. The fraction of sp³-hybridized carbons (Fsp3) is 0.222. The molecule has 0 unspecified atom stereocenters. The van der Waals surface area contributed by atoms with Gasteiger partial charge in [0.05, 0.1) is 12.9 Å². The summed E-state index contributed by atoms with van der Waals surface area (Å²) in [5.41, 5.74) is 3.68. The van der Waals surface area contributed by atoms with Crippen molar-refractivity contribution in [2.24, 2.45) is 0 Å². The molecule has 0 radical (unpaired) electrons. The third kappa shape index (κ3) is 7.30. The summed E-state index contributed by atoms with van der Waals surface area (Å²) < 4.78 is 32.3. The first-order chi connectivity index (χ1) is 16.3. The first-order valence-corrected chi connectivity index (χ1v) is 12.7. The van der Waals surface area contributed by atoms with Crippen LogP contribution in [0.25, 0.3) is 11.6 Å². The molecule has 0 aliphatic rings. The number of nitrogens with one attached hydrogen (secondary N) is 2. The van der Waals surface area contributed by atoms with Gasteiger partial charge < -0.3 is 10.1 Å². The summed E-state index contributed by atoms with van der Waals surface area (Å²) in [4.78, 5) is 13.2. The van der Waals surface area contributed by atoms with Crippen LogP contribution in [0, 0.1) is 0 Å². The maximum absolute atomic E-state index is 13.2. The summed E-state index contributed by atoms with van der Waals surface area (Å²) in [5.74, 6) is 0.378. The van der Waals surface area contributed by atoms with Crippen molar-refractivity contribution in [1.29, 1.82) is 0 Å². The topological polar surface area (TPSA) is 84.5 Å². The quantitative estimate of drug-likeness (QED) is 0.335. The highest BCUT2D eigenvalue weighted by Gasteiger charge is 2.15. The second-order valence-corrected chi connectivity index (χ2v) is 9.95. The van der Waals surface area contributed by atoms with E-state index >= 15 is 0 Å². The van der Waals surface area contributed by atoms with Crippen molar-refractivity contribution >= 4 is 27.6 Å². The van der Waals surface area contributed by atoms with E-state index in [9.17, 15) is 13.2 Å². The molecule has 0 fully saturated rings. The van der Waals surface area contributed by atoms with Crippen molar-refractivity contribution in [2.45, 2.75) is 32.2 Å². The van der Waals surface area contributed by atoms with Gasteiger partial charge in [-0.1, -0.05) is 72.8 Å². The Bertz CT molecular complexity index is 1240. The zero-order valence-electron chi connectivity index (χ0n) is 19.6. The van der Waals surface area contributed by atoms with Gasteiger partial charge in [0.2, 0.25) is 10.0 Å². The molecule has 178 valence electrons. The Kier molecular flexibility index (Phi) is 8.62. The monoisotopic (exact) mass is 478 g/mol. The van der Waals surface area contributed by atoms with E-state index in [1.807, 2.05) is 72.8 Å². The molecular weight excluding hydrogens is 448 g/mol. The molecule has 7 heteroatoms. The number of rotatable bonds is 10. The Balaban J connectivity index is 1.75. The van der Waals surface area contributed by atoms with E-state index in [1.54, 1.807) is 33.1 Å². The van der Waals surface area contributed by atoms with Crippen molar-refractivity contribution in [3.63, 3.8) is 0 Å². The van der Waals surface area contributed by atoms with Gasteiger partial charge in [0.25, 0.3) is 5.91 Å². The minimum atomic E-state index is -3.39. The fourth-order valence-electron chi connectivity index (χ4n) is 3.49. The Morgan fingerprint density at radius 1 is 0.912 bits per heavy atom. The molecule has 0 aliphatic carbocycles. The summed E-state index contributed by atoms with van der Waals surface area (Å²) in [6, 6.07) is 24.0. The van der Waals surface area contributed by atoms with E-state index in [0.717, 1.165) is 16.7 Å². The van der Waals surface area contributed by atoms with Crippen molar-refractivity contribution in [1.82, 2.24) is 10.0 Å². The molecule has 3 aromatic rings. The smallest absolute Gasteiger partial charge is 0.252 e. The zero-order chi connectivity index (χ0) is 24.6. The van der Waals surface area contributed by atoms with Gasteiger partial charge in [0.15, 0.2) is 0 Å². The molecule has 1 amide bonds. The van der Waals surface area contributed by atoms with Gasteiger partial charge in [-0.25, -0.2) is 13.1 Å². The summed E-state index contributed by atoms with van der Waals surface area (Å²) in [6.45, 7) is 3.89. The SMILES string of the molecule is COc1ccccc1/C=C(/C(=O)NCc1ccc(CS(=O)(=O)NC(C)C)cc1)c1ccccc1. The van der Waals surface area contributed by atoms with Gasteiger partial charge >= 0.3 is 0 Å². The third-order valence-electron chi connectivity index (χ3n) is 5.02. The van der Waals surface area contributed by atoms with E-state index in [4.69, 9.17) is 4.74 Å². The van der Waals surface area contributed by atoms with Crippen LogP contribution >= 0.6 is 0 Å². The Morgan fingerprint density at radius 2 is 1.53 bits per heavy atom. The maximum Gasteiger partial charge on any atom is 0.252 e. The average Bonchev–Trinajstić information content (AvgIpc) is 2.81. The lowest BCUT2D eigenvalue weighted by Gasteiger charge is -2.12. The predicted octanol–water partition coefficient (Wildman–Crippen LogP) is 4.38. The van der Waals surface area contributed by atoms with Crippen LogP contribution < -0.4 is 14.8 Å². The van der Waals surface area contributed by atoms with Gasteiger partial charge in [0, 0.05) is 23.7 Å². The molecule has 3 aromatic carbocycles. The molecule has 0 saturated heterocycles. The molecule has 0 atom stereocenters. The van der Waals surface area contributed by atoms with Gasteiger partial charge in [-0.05, 0) is 42.7 Å². The highest BCUT2D eigenvalue weighted by Crippen LogP contribution is 2.25. The Hall–Kier alpha value is -3.42. The third-order valence-corrected chi connectivity index (χ3v) is 6.56. The molecule has 0 bridgehead atoms. The van der Waals surface area contributed by atoms with Crippen LogP contribution in [-0.4, -0.2) is 27.5 Å². The standard InChI is InChI=1S/C27H30N2O4S/c1-20(2)29-34(31,32)19-22-15-13-21(14-16-22)18-28-27(30)25(23-9-5-4-6-10-23)17-24-11-7-8-12-26(24)33-3/h4-17,20,29H,18-19H2,1-3H3,(H,28,30)/b25-17+. The molecule has 0 aromatic heterocycles. The molecule has 0 saturated carbocycles. The molecule has 6 nitrogen and oxygen atoms in total. The van der Waals surface area contributed by atoms with Crippen LogP contribution in [0.15, 0.2) is 78.9 Å². The first-order valence-electron chi connectivity index (χ1n) is 11.0. The van der Waals surface area contributed by atoms with Crippen molar-refractivity contribution in [3.8, 4) is 5.75 Å². The van der Waals surface area contributed by atoms with E-state index in [2.05, 4.69) is 10.0 Å². The van der Waals surface area contributed by atoms with Gasteiger partial charge in [-0.2, -0.15) is 0 Å². The van der Waals surface area contributed by atoms with Crippen molar-refractivity contribution < 1.29 is 17.9 Å². The molecule has 0 heterocycles. The molecule has 2 N–H and O–H groups in total. The first kappa shape index (κ1) is 25.2. The molecule has 34 heavy (non-hydrogen) atoms. The lowest BCUT2D eigenvalue weighted by Crippen LogP contribution is -2.31. The average molecular weight is 479 g/mol.